The second-order valence-corrected chi connectivity index (χ2v) is 7.91. The highest BCUT2D eigenvalue weighted by atomic mass is 35.5. The summed E-state index contributed by atoms with van der Waals surface area (Å²) in [7, 11) is 1.48. The van der Waals surface area contributed by atoms with Crippen LogP contribution in [0.15, 0.2) is 78.4 Å². The van der Waals surface area contributed by atoms with Crippen LogP contribution in [0.4, 0.5) is 5.95 Å². The summed E-state index contributed by atoms with van der Waals surface area (Å²) in [6, 6.07) is 20.1. The van der Waals surface area contributed by atoms with Crippen molar-refractivity contribution in [2.75, 3.05) is 12.0 Å². The number of methoxy groups -OCH3 is 1. The van der Waals surface area contributed by atoms with Crippen LogP contribution in [0, 0.1) is 0 Å². The number of anilines is 1. The maximum Gasteiger partial charge on any atom is 0.302 e. The van der Waals surface area contributed by atoms with Gasteiger partial charge in [-0.1, -0.05) is 54.1 Å². The smallest absolute Gasteiger partial charge is 0.302 e. The van der Waals surface area contributed by atoms with E-state index < -0.39 is 17.7 Å². The number of hydrogen-bond donors (Lipinski definition) is 2. The van der Waals surface area contributed by atoms with Crippen molar-refractivity contribution < 1.29 is 19.4 Å². The number of halogens is 1. The van der Waals surface area contributed by atoms with Crippen molar-refractivity contribution in [1.82, 2.24) is 9.97 Å². The Labute approximate surface area is 193 Å². The number of ketones is 1. The fraction of sp³-hybridized carbons (Fsp3) is 0.0800. The molecule has 7 nitrogen and oxygen atoms in total. The number of benzene rings is 3. The van der Waals surface area contributed by atoms with Crippen molar-refractivity contribution in [3.63, 3.8) is 0 Å². The zero-order valence-electron chi connectivity index (χ0n) is 17.4. The van der Waals surface area contributed by atoms with E-state index in [0.717, 1.165) is 5.52 Å². The first-order valence-corrected chi connectivity index (χ1v) is 10.5. The van der Waals surface area contributed by atoms with Crippen LogP contribution < -0.4 is 9.64 Å². The van der Waals surface area contributed by atoms with Crippen molar-refractivity contribution in [3.8, 4) is 5.75 Å². The lowest BCUT2D eigenvalue weighted by molar-refractivity contribution is -0.132. The molecule has 0 aliphatic carbocycles. The van der Waals surface area contributed by atoms with Crippen molar-refractivity contribution in [2.24, 2.45) is 0 Å². The first-order chi connectivity index (χ1) is 16.0. The number of aromatic amines is 1. The molecule has 164 valence electrons. The molecule has 0 saturated carbocycles. The number of ether oxygens (including phenoxy) is 1. The highest BCUT2D eigenvalue weighted by Gasteiger charge is 2.48. The highest BCUT2D eigenvalue weighted by molar-refractivity contribution is 6.51. The first kappa shape index (κ1) is 20.8. The molecule has 1 aliphatic heterocycles. The van der Waals surface area contributed by atoms with Gasteiger partial charge in [-0.2, -0.15) is 0 Å². The minimum atomic E-state index is -0.908. The van der Waals surface area contributed by atoms with E-state index >= 15 is 0 Å². The molecule has 1 atom stereocenters. The number of H-pyrrole nitrogens is 1. The highest BCUT2D eigenvalue weighted by Crippen LogP contribution is 2.42. The number of hydrogen-bond acceptors (Lipinski definition) is 5. The zero-order chi connectivity index (χ0) is 23.1. The molecule has 1 fully saturated rings. The van der Waals surface area contributed by atoms with Gasteiger partial charge in [0.25, 0.3) is 5.78 Å². The van der Waals surface area contributed by atoms with E-state index in [1.54, 1.807) is 42.5 Å². The van der Waals surface area contributed by atoms with Crippen LogP contribution in [0.3, 0.4) is 0 Å². The molecule has 1 amide bonds. The second kappa shape index (κ2) is 8.11. The molecule has 1 aromatic heterocycles. The average molecular weight is 460 g/mol. The third kappa shape index (κ3) is 3.43. The van der Waals surface area contributed by atoms with Gasteiger partial charge in [0, 0.05) is 5.56 Å². The van der Waals surface area contributed by atoms with E-state index in [-0.39, 0.29) is 27.9 Å². The van der Waals surface area contributed by atoms with E-state index in [1.807, 2.05) is 24.3 Å². The summed E-state index contributed by atoms with van der Waals surface area (Å²) in [6.07, 6.45) is 0. The van der Waals surface area contributed by atoms with Gasteiger partial charge >= 0.3 is 5.91 Å². The molecule has 8 heteroatoms. The number of imidazole rings is 1. The third-order valence-corrected chi connectivity index (χ3v) is 5.92. The van der Waals surface area contributed by atoms with Crippen molar-refractivity contribution in [1.29, 1.82) is 0 Å². The minimum Gasteiger partial charge on any atom is -0.507 e. The SMILES string of the molecule is COc1ccc(Cl)c(/C(O)=C2\C(=O)C(=O)N(c3nc4ccccc4[nH]3)C2c2ccccc2)c1. The number of carbonyl (C=O) groups is 2. The largest absolute Gasteiger partial charge is 0.507 e. The van der Waals surface area contributed by atoms with E-state index in [4.69, 9.17) is 16.3 Å². The van der Waals surface area contributed by atoms with Crippen molar-refractivity contribution in [3.05, 3.63) is 94.5 Å². The van der Waals surface area contributed by atoms with Gasteiger partial charge in [0.05, 0.1) is 34.8 Å². The predicted octanol–water partition coefficient (Wildman–Crippen LogP) is 4.85. The number of amides is 1. The van der Waals surface area contributed by atoms with Crippen LogP contribution >= 0.6 is 11.6 Å². The summed E-state index contributed by atoms with van der Waals surface area (Å²) in [6.45, 7) is 0. The fourth-order valence-electron chi connectivity index (χ4n) is 4.01. The van der Waals surface area contributed by atoms with Gasteiger partial charge in [-0.3, -0.25) is 14.5 Å². The second-order valence-electron chi connectivity index (χ2n) is 7.50. The number of rotatable bonds is 4. The zero-order valence-corrected chi connectivity index (χ0v) is 18.2. The average Bonchev–Trinajstić information content (AvgIpc) is 3.38. The van der Waals surface area contributed by atoms with Gasteiger partial charge in [-0.05, 0) is 35.9 Å². The molecule has 2 N–H and O–H groups in total. The van der Waals surface area contributed by atoms with E-state index in [9.17, 15) is 14.7 Å². The van der Waals surface area contributed by atoms with Gasteiger partial charge in [0.1, 0.15) is 11.5 Å². The first-order valence-electron chi connectivity index (χ1n) is 10.1. The lowest BCUT2D eigenvalue weighted by atomic mass is 9.95. The summed E-state index contributed by atoms with van der Waals surface area (Å²) < 4.78 is 5.24. The van der Waals surface area contributed by atoms with Crippen molar-refractivity contribution >= 4 is 46.0 Å². The summed E-state index contributed by atoms with van der Waals surface area (Å²) in [5, 5.41) is 11.5. The van der Waals surface area contributed by atoms with Gasteiger partial charge in [0.2, 0.25) is 5.95 Å². The summed E-state index contributed by atoms with van der Waals surface area (Å²) in [5.41, 5.74) is 2.12. The minimum absolute atomic E-state index is 0.0817. The number of Topliss-reactive ketones (excluding diaryl/α,β-unsaturated/α-hetero) is 1. The Bertz CT molecular complexity index is 1400. The Morgan fingerprint density at radius 2 is 1.79 bits per heavy atom. The van der Waals surface area contributed by atoms with Gasteiger partial charge < -0.3 is 14.8 Å². The Morgan fingerprint density at radius 3 is 2.52 bits per heavy atom. The number of nitrogens with one attached hydrogen (secondary N) is 1. The number of nitrogens with zero attached hydrogens (tertiary/aromatic N) is 2. The van der Waals surface area contributed by atoms with Crippen LogP contribution in [0.2, 0.25) is 5.02 Å². The van der Waals surface area contributed by atoms with Crippen LogP contribution in [0.1, 0.15) is 17.2 Å². The summed E-state index contributed by atoms with van der Waals surface area (Å²) in [4.78, 5) is 35.4. The maximum absolute atomic E-state index is 13.2. The Morgan fingerprint density at radius 1 is 1.06 bits per heavy atom. The lowest BCUT2D eigenvalue weighted by Crippen LogP contribution is -2.30. The molecule has 1 unspecified atom stereocenters. The molecular weight excluding hydrogens is 442 g/mol. The molecule has 2 heterocycles. The number of aliphatic hydroxyl groups is 1. The molecule has 33 heavy (non-hydrogen) atoms. The Kier molecular flexibility index (Phi) is 5.11. The molecule has 3 aromatic carbocycles. The van der Waals surface area contributed by atoms with E-state index in [1.165, 1.54) is 18.1 Å². The molecule has 5 rings (SSSR count). The monoisotopic (exact) mass is 459 g/mol. The van der Waals surface area contributed by atoms with Crippen LogP contribution in [-0.4, -0.2) is 33.9 Å². The topological polar surface area (TPSA) is 95.5 Å². The molecule has 0 radical (unpaired) electrons. The lowest BCUT2D eigenvalue weighted by Gasteiger charge is -2.23. The molecule has 1 saturated heterocycles. The Balaban J connectivity index is 1.75. The standard InChI is InChI=1S/C25H18ClN3O4/c1-33-15-11-12-17(26)16(13-15)22(30)20-21(14-7-3-2-4-8-14)29(24(32)23(20)31)25-27-18-9-5-6-10-19(18)28-25/h2-13,21,30H,1H3,(H,27,28)/b22-20+. The van der Waals surface area contributed by atoms with Crippen molar-refractivity contribution in [2.45, 2.75) is 6.04 Å². The number of para-hydroxylation sites is 2. The van der Waals surface area contributed by atoms with Crippen LogP contribution in [0.25, 0.3) is 16.8 Å². The number of fused-ring (bicyclic) bond motifs is 1. The van der Waals surface area contributed by atoms with Crippen LogP contribution in [0.5, 0.6) is 5.75 Å². The number of carbonyl (C=O) groups excluding carboxylic acids is 2. The molecule has 0 bridgehead atoms. The van der Waals surface area contributed by atoms with Gasteiger partial charge in [-0.25, -0.2) is 4.98 Å². The fourth-order valence-corrected chi connectivity index (χ4v) is 4.22. The molecule has 1 aliphatic rings. The predicted molar refractivity (Wildman–Crippen MR) is 125 cm³/mol. The van der Waals surface area contributed by atoms with Crippen LogP contribution in [-0.2, 0) is 9.59 Å². The molecular formula is C25H18ClN3O4. The number of aromatic nitrogens is 2. The van der Waals surface area contributed by atoms with Gasteiger partial charge in [-0.15, -0.1) is 0 Å². The third-order valence-electron chi connectivity index (χ3n) is 5.59. The quantitative estimate of drug-likeness (QED) is 0.258. The summed E-state index contributed by atoms with van der Waals surface area (Å²) in [5.74, 6) is -1.36. The van der Waals surface area contributed by atoms with E-state index in [0.29, 0.717) is 16.8 Å². The van der Waals surface area contributed by atoms with Gasteiger partial charge in [0.15, 0.2) is 0 Å². The maximum atomic E-state index is 13.2. The normalized spacial score (nSPS) is 17.6. The summed E-state index contributed by atoms with van der Waals surface area (Å²) >= 11 is 6.33. The number of aliphatic hydroxyl groups excluding tert-OH is 1. The molecule has 0 spiro atoms. The molecule has 4 aromatic rings. The van der Waals surface area contributed by atoms with E-state index in [2.05, 4.69) is 9.97 Å². The Hall–Kier alpha value is -4.10.